The van der Waals surface area contributed by atoms with E-state index in [0.29, 0.717) is 19.7 Å². The minimum absolute atomic E-state index is 0. The fourth-order valence-electron chi connectivity index (χ4n) is 2.07. The van der Waals surface area contributed by atoms with Crippen LogP contribution in [0, 0.1) is 0 Å². The summed E-state index contributed by atoms with van der Waals surface area (Å²) < 4.78 is 10.3. The Hall–Kier alpha value is -1.30. The summed E-state index contributed by atoms with van der Waals surface area (Å²) in [6, 6.07) is 8.01. The molecule has 0 aliphatic heterocycles. The van der Waals surface area contributed by atoms with Crippen molar-refractivity contribution >= 4 is 18.3 Å². The molecule has 1 aromatic rings. The lowest BCUT2D eigenvalue weighted by Gasteiger charge is -2.26. The van der Waals surface area contributed by atoms with E-state index in [0.717, 1.165) is 17.7 Å². The number of rotatable bonds is 9. The summed E-state index contributed by atoms with van der Waals surface area (Å²) >= 11 is 0. The Morgan fingerprint density at radius 1 is 1.32 bits per heavy atom. The second kappa shape index (κ2) is 11.3. The molecule has 1 amide bonds. The van der Waals surface area contributed by atoms with Crippen molar-refractivity contribution in [2.24, 2.45) is 0 Å². The Labute approximate surface area is 139 Å². The van der Waals surface area contributed by atoms with Gasteiger partial charge in [0.1, 0.15) is 5.75 Å². The van der Waals surface area contributed by atoms with Gasteiger partial charge in [-0.25, -0.2) is 0 Å². The maximum atomic E-state index is 12.1. The summed E-state index contributed by atoms with van der Waals surface area (Å²) in [6.07, 6.45) is 0.768. The maximum absolute atomic E-state index is 12.1. The van der Waals surface area contributed by atoms with Gasteiger partial charge in [-0.15, -0.1) is 12.4 Å². The fourth-order valence-corrected chi connectivity index (χ4v) is 2.07. The van der Waals surface area contributed by atoms with Gasteiger partial charge in [0.2, 0.25) is 5.91 Å². The third kappa shape index (κ3) is 6.64. The number of ether oxygens (including phenoxy) is 2. The molecule has 0 aliphatic rings. The Kier molecular flexibility index (Phi) is 10.6. The van der Waals surface area contributed by atoms with Gasteiger partial charge in [0, 0.05) is 26.7 Å². The van der Waals surface area contributed by atoms with E-state index in [1.54, 1.807) is 19.1 Å². The normalized spacial score (nSPS) is 11.5. The monoisotopic (exact) mass is 330 g/mol. The summed E-state index contributed by atoms with van der Waals surface area (Å²) in [5.74, 6) is 0.942. The molecule has 1 unspecified atom stereocenters. The average Bonchev–Trinajstić information content (AvgIpc) is 2.51. The minimum atomic E-state index is 0. The quantitative estimate of drug-likeness (QED) is 0.701. The first kappa shape index (κ1) is 20.7. The first-order valence-corrected chi connectivity index (χ1v) is 7.17. The van der Waals surface area contributed by atoms with Gasteiger partial charge in [-0.05, 0) is 25.0 Å². The van der Waals surface area contributed by atoms with Gasteiger partial charge in [-0.2, -0.15) is 0 Å². The van der Waals surface area contributed by atoms with E-state index in [1.165, 1.54) is 0 Å². The number of halogens is 1. The fraction of sp³-hybridized carbons (Fsp3) is 0.562. The van der Waals surface area contributed by atoms with Crippen LogP contribution in [0.1, 0.15) is 12.5 Å². The van der Waals surface area contributed by atoms with Crippen molar-refractivity contribution in [3.05, 3.63) is 29.8 Å². The first-order chi connectivity index (χ1) is 10.1. The molecule has 0 saturated carbocycles. The maximum Gasteiger partial charge on any atom is 0.236 e. The van der Waals surface area contributed by atoms with E-state index < -0.39 is 0 Å². The molecule has 1 N–H and O–H groups in total. The molecule has 126 valence electrons. The Morgan fingerprint density at radius 2 is 2.00 bits per heavy atom. The summed E-state index contributed by atoms with van der Waals surface area (Å²) in [7, 11) is 5.14. The molecule has 5 nitrogen and oxygen atoms in total. The highest BCUT2D eigenvalue weighted by molar-refractivity contribution is 5.85. The van der Waals surface area contributed by atoms with Gasteiger partial charge >= 0.3 is 0 Å². The van der Waals surface area contributed by atoms with Crippen LogP contribution in [0.15, 0.2) is 24.3 Å². The second-order valence-electron chi connectivity index (χ2n) is 5.04. The summed E-state index contributed by atoms with van der Waals surface area (Å²) in [5, 5.41) is 3.07. The number of nitrogens with one attached hydrogen (secondary N) is 1. The second-order valence-corrected chi connectivity index (χ2v) is 5.04. The molecule has 22 heavy (non-hydrogen) atoms. The third-order valence-electron chi connectivity index (χ3n) is 3.52. The molecular weight excluding hydrogens is 304 g/mol. The highest BCUT2D eigenvalue weighted by atomic mass is 35.5. The predicted molar refractivity (Wildman–Crippen MR) is 90.9 cm³/mol. The molecule has 0 aromatic heterocycles. The lowest BCUT2D eigenvalue weighted by Crippen LogP contribution is -2.42. The molecule has 1 atom stereocenters. The molecule has 0 spiro atoms. The molecule has 1 rings (SSSR count). The van der Waals surface area contributed by atoms with Crippen LogP contribution in [0.2, 0.25) is 0 Å². The Morgan fingerprint density at radius 3 is 2.64 bits per heavy atom. The largest absolute Gasteiger partial charge is 0.496 e. The third-order valence-corrected chi connectivity index (χ3v) is 3.52. The van der Waals surface area contributed by atoms with Gasteiger partial charge in [-0.3, -0.25) is 4.79 Å². The first-order valence-electron chi connectivity index (χ1n) is 7.17. The number of methoxy groups -OCH3 is 2. The number of hydrogen-bond acceptors (Lipinski definition) is 4. The highest BCUT2D eigenvalue weighted by Gasteiger charge is 2.17. The molecule has 0 bridgehead atoms. The van der Waals surface area contributed by atoms with Crippen LogP contribution in [0.25, 0.3) is 0 Å². The number of likely N-dealkylation sites (N-methyl/N-ethyl adjacent to an activating group) is 1. The smallest absolute Gasteiger partial charge is 0.236 e. The van der Waals surface area contributed by atoms with Crippen molar-refractivity contribution in [3.8, 4) is 5.75 Å². The lowest BCUT2D eigenvalue weighted by molar-refractivity contribution is -0.130. The topological polar surface area (TPSA) is 50.8 Å². The molecule has 0 heterocycles. The number of nitrogens with zero attached hydrogens (tertiary/aromatic N) is 1. The van der Waals surface area contributed by atoms with Gasteiger partial charge in [0.15, 0.2) is 0 Å². The molecule has 0 saturated heterocycles. The minimum Gasteiger partial charge on any atom is -0.496 e. The molecule has 0 radical (unpaired) electrons. The predicted octanol–water partition coefficient (Wildman–Crippen LogP) is 1.74. The Bertz CT molecular complexity index is 443. The zero-order chi connectivity index (χ0) is 15.7. The van der Waals surface area contributed by atoms with Crippen LogP contribution in [0.3, 0.4) is 0 Å². The van der Waals surface area contributed by atoms with Gasteiger partial charge in [-0.1, -0.05) is 18.2 Å². The number of benzene rings is 1. The van der Waals surface area contributed by atoms with Crippen LogP contribution in [-0.4, -0.2) is 57.8 Å². The summed E-state index contributed by atoms with van der Waals surface area (Å²) in [5.41, 5.74) is 1.11. The summed E-state index contributed by atoms with van der Waals surface area (Å²) in [6.45, 7) is 3.65. The number of carbonyl (C=O) groups is 1. The van der Waals surface area contributed by atoms with Crippen molar-refractivity contribution < 1.29 is 14.3 Å². The summed E-state index contributed by atoms with van der Waals surface area (Å²) in [4.78, 5) is 13.9. The van der Waals surface area contributed by atoms with E-state index in [-0.39, 0.29) is 24.4 Å². The lowest BCUT2D eigenvalue weighted by atomic mass is 10.1. The van der Waals surface area contributed by atoms with Crippen LogP contribution in [0.4, 0.5) is 0 Å². The number of para-hydroxylation sites is 1. The Balaban J connectivity index is 0.00000441. The number of carbonyl (C=O) groups excluding carboxylic acids is 1. The van der Waals surface area contributed by atoms with E-state index in [1.807, 2.05) is 38.2 Å². The highest BCUT2D eigenvalue weighted by Crippen LogP contribution is 2.20. The molecule has 1 aromatic carbocycles. The SMILES string of the molecule is COCCNCC(=O)N(C)C(C)Cc1ccccc1OC.Cl. The van der Waals surface area contributed by atoms with Gasteiger partial charge in [0.25, 0.3) is 0 Å². The van der Waals surface area contributed by atoms with Crippen LogP contribution in [0.5, 0.6) is 5.75 Å². The standard InChI is InChI=1S/C16H26N2O3.ClH/c1-13(11-14-7-5-6-8-15(14)21-4)18(2)16(19)12-17-9-10-20-3;/h5-8,13,17H,9-12H2,1-4H3;1H. The zero-order valence-electron chi connectivity index (χ0n) is 13.8. The van der Waals surface area contributed by atoms with Crippen molar-refractivity contribution in [1.29, 1.82) is 0 Å². The van der Waals surface area contributed by atoms with Crippen molar-refractivity contribution in [2.45, 2.75) is 19.4 Å². The molecule has 0 aliphatic carbocycles. The van der Waals surface area contributed by atoms with Crippen molar-refractivity contribution in [2.75, 3.05) is 41.0 Å². The molecule has 6 heteroatoms. The zero-order valence-corrected chi connectivity index (χ0v) is 14.6. The molecule has 0 fully saturated rings. The van der Waals surface area contributed by atoms with Crippen LogP contribution < -0.4 is 10.1 Å². The van der Waals surface area contributed by atoms with Crippen molar-refractivity contribution in [3.63, 3.8) is 0 Å². The van der Waals surface area contributed by atoms with Crippen LogP contribution >= 0.6 is 12.4 Å². The van der Waals surface area contributed by atoms with E-state index in [9.17, 15) is 4.79 Å². The average molecular weight is 331 g/mol. The number of hydrogen-bond donors (Lipinski definition) is 1. The van der Waals surface area contributed by atoms with Crippen molar-refractivity contribution in [1.82, 2.24) is 10.2 Å². The van der Waals surface area contributed by atoms with Gasteiger partial charge < -0.3 is 19.7 Å². The van der Waals surface area contributed by atoms with Crippen LogP contribution in [-0.2, 0) is 16.0 Å². The number of amides is 1. The van der Waals surface area contributed by atoms with E-state index in [4.69, 9.17) is 9.47 Å². The van der Waals surface area contributed by atoms with E-state index >= 15 is 0 Å². The van der Waals surface area contributed by atoms with Gasteiger partial charge in [0.05, 0.1) is 20.3 Å². The molecular formula is C16H27ClN2O3. The van der Waals surface area contributed by atoms with E-state index in [2.05, 4.69) is 5.32 Å².